The van der Waals surface area contributed by atoms with Crippen molar-refractivity contribution in [3.8, 4) is 0 Å². The lowest BCUT2D eigenvalue weighted by Crippen LogP contribution is -2.39. The molecule has 0 aliphatic rings. The van der Waals surface area contributed by atoms with Gasteiger partial charge in [-0.15, -0.1) is 0 Å². The maximum atomic E-state index is 12.0. The van der Waals surface area contributed by atoms with Crippen LogP contribution in [0.25, 0.3) is 0 Å². The molecular weight excluding hydrogens is 274 g/mol. The number of para-hydroxylation sites is 1. The molecule has 0 heterocycles. The van der Waals surface area contributed by atoms with Gasteiger partial charge in [-0.05, 0) is 31.5 Å². The highest BCUT2D eigenvalue weighted by atomic mass is 16.5. The van der Waals surface area contributed by atoms with Crippen LogP contribution in [0.1, 0.15) is 19.4 Å². The molecule has 0 unspecified atom stereocenters. The minimum absolute atomic E-state index is 0.193. The van der Waals surface area contributed by atoms with Gasteiger partial charge in [0.25, 0.3) is 0 Å². The average molecular weight is 297 g/mol. The number of nitrogens with zero attached hydrogens (tertiary/aromatic N) is 1. The van der Waals surface area contributed by atoms with Crippen molar-refractivity contribution < 1.29 is 9.53 Å². The van der Waals surface area contributed by atoms with E-state index in [1.807, 2.05) is 50.2 Å². The van der Waals surface area contributed by atoms with Crippen LogP contribution in [0.15, 0.2) is 60.7 Å². The second kappa shape index (κ2) is 7.12. The number of carbonyl (C=O) groups excluding carboxylic acids is 1. The van der Waals surface area contributed by atoms with E-state index >= 15 is 0 Å². The predicted molar refractivity (Wildman–Crippen MR) is 89.7 cm³/mol. The van der Waals surface area contributed by atoms with Crippen LogP contribution in [0.4, 0.5) is 5.69 Å². The van der Waals surface area contributed by atoms with Crippen molar-refractivity contribution in [1.29, 1.82) is 0 Å². The number of esters is 1. The quantitative estimate of drug-likeness (QED) is 0.758. The number of carbonyl (C=O) groups is 1. The molecule has 0 saturated carbocycles. The van der Waals surface area contributed by atoms with Crippen molar-refractivity contribution in [1.82, 2.24) is 0 Å². The first-order valence-electron chi connectivity index (χ1n) is 7.45. The molecule has 0 saturated heterocycles. The number of anilines is 1. The molecule has 0 N–H and O–H groups in total. The van der Waals surface area contributed by atoms with Crippen LogP contribution >= 0.6 is 0 Å². The van der Waals surface area contributed by atoms with E-state index in [1.165, 1.54) is 12.7 Å². The van der Waals surface area contributed by atoms with Gasteiger partial charge in [-0.3, -0.25) is 4.79 Å². The van der Waals surface area contributed by atoms with Gasteiger partial charge in [-0.2, -0.15) is 0 Å². The van der Waals surface area contributed by atoms with Crippen LogP contribution in [0.5, 0.6) is 0 Å². The van der Waals surface area contributed by atoms with E-state index in [0.717, 1.165) is 12.2 Å². The second-order valence-electron chi connectivity index (χ2n) is 6.05. The molecule has 0 fully saturated rings. The van der Waals surface area contributed by atoms with E-state index in [9.17, 15) is 4.79 Å². The summed E-state index contributed by atoms with van der Waals surface area (Å²) in [4.78, 5) is 14.2. The van der Waals surface area contributed by atoms with Gasteiger partial charge in [-0.25, -0.2) is 0 Å². The van der Waals surface area contributed by atoms with E-state index < -0.39 is 5.41 Å². The van der Waals surface area contributed by atoms with Crippen LogP contribution in [-0.4, -0.2) is 19.6 Å². The third-order valence-electron chi connectivity index (χ3n) is 3.66. The zero-order valence-corrected chi connectivity index (χ0v) is 13.5. The molecule has 0 aromatic heterocycles. The summed E-state index contributed by atoms with van der Waals surface area (Å²) in [6.45, 7) is 5.18. The number of ether oxygens (including phenoxy) is 1. The monoisotopic (exact) mass is 297 g/mol. The molecule has 2 rings (SSSR count). The first-order valence-corrected chi connectivity index (χ1v) is 7.45. The topological polar surface area (TPSA) is 29.5 Å². The van der Waals surface area contributed by atoms with Crippen molar-refractivity contribution in [3.63, 3.8) is 0 Å². The summed E-state index contributed by atoms with van der Waals surface area (Å²) < 4.78 is 4.94. The lowest BCUT2D eigenvalue weighted by Gasteiger charge is -2.32. The number of rotatable bonds is 6. The molecular formula is C19H23NO2. The van der Waals surface area contributed by atoms with Gasteiger partial charge < -0.3 is 9.64 Å². The van der Waals surface area contributed by atoms with Crippen LogP contribution in [0, 0.1) is 5.41 Å². The third-order valence-corrected chi connectivity index (χ3v) is 3.66. The minimum Gasteiger partial charge on any atom is -0.469 e. The number of hydrogen-bond acceptors (Lipinski definition) is 3. The smallest absolute Gasteiger partial charge is 0.313 e. The van der Waals surface area contributed by atoms with Gasteiger partial charge in [0.05, 0.1) is 12.5 Å². The molecule has 0 atom stereocenters. The molecule has 0 aliphatic heterocycles. The molecule has 2 aromatic carbocycles. The number of benzene rings is 2. The van der Waals surface area contributed by atoms with Crippen molar-refractivity contribution in [2.45, 2.75) is 20.4 Å². The predicted octanol–water partition coefficient (Wildman–Crippen LogP) is 3.89. The molecule has 0 aliphatic carbocycles. The van der Waals surface area contributed by atoms with E-state index in [4.69, 9.17) is 4.74 Å². The van der Waals surface area contributed by atoms with Gasteiger partial charge in [0.15, 0.2) is 0 Å². The summed E-state index contributed by atoms with van der Waals surface area (Å²) >= 11 is 0. The highest BCUT2D eigenvalue weighted by Gasteiger charge is 2.31. The lowest BCUT2D eigenvalue weighted by molar-refractivity contribution is -0.150. The van der Waals surface area contributed by atoms with E-state index in [0.29, 0.717) is 6.54 Å². The van der Waals surface area contributed by atoms with Crippen LogP contribution in [-0.2, 0) is 16.1 Å². The fourth-order valence-electron chi connectivity index (χ4n) is 2.50. The number of hydrogen-bond donors (Lipinski definition) is 0. The maximum Gasteiger partial charge on any atom is 0.313 e. The highest BCUT2D eigenvalue weighted by Crippen LogP contribution is 2.25. The molecule has 0 radical (unpaired) electrons. The summed E-state index contributed by atoms with van der Waals surface area (Å²) in [5, 5.41) is 0. The minimum atomic E-state index is -0.570. The van der Waals surface area contributed by atoms with Crippen LogP contribution in [0.2, 0.25) is 0 Å². The van der Waals surface area contributed by atoms with E-state index in [-0.39, 0.29) is 5.97 Å². The molecule has 2 aromatic rings. The third kappa shape index (κ3) is 4.10. The Morgan fingerprint density at radius 3 is 2.09 bits per heavy atom. The van der Waals surface area contributed by atoms with Gasteiger partial charge >= 0.3 is 5.97 Å². The first-order chi connectivity index (χ1) is 10.5. The normalized spacial score (nSPS) is 11.0. The summed E-state index contributed by atoms with van der Waals surface area (Å²) in [5.74, 6) is -0.193. The van der Waals surface area contributed by atoms with E-state index in [1.54, 1.807) is 0 Å². The fourth-order valence-corrected chi connectivity index (χ4v) is 2.50. The van der Waals surface area contributed by atoms with E-state index in [2.05, 4.69) is 29.2 Å². The average Bonchev–Trinajstić information content (AvgIpc) is 2.55. The summed E-state index contributed by atoms with van der Waals surface area (Å²) in [7, 11) is 1.44. The Morgan fingerprint density at radius 2 is 1.55 bits per heavy atom. The van der Waals surface area contributed by atoms with Crippen LogP contribution < -0.4 is 4.90 Å². The zero-order chi connectivity index (χ0) is 16.0. The standard InChI is InChI=1S/C19H23NO2/c1-19(2,18(21)22-3)15-20(17-12-8-5-9-13-17)14-16-10-6-4-7-11-16/h4-13H,14-15H2,1-3H3. The Bertz CT molecular complexity index is 593. The zero-order valence-electron chi connectivity index (χ0n) is 13.5. The first kappa shape index (κ1) is 16.1. The molecule has 3 heteroatoms. The summed E-state index contributed by atoms with van der Waals surface area (Å²) in [6, 6.07) is 20.4. The molecule has 0 amide bonds. The molecule has 3 nitrogen and oxygen atoms in total. The Hall–Kier alpha value is -2.29. The van der Waals surface area contributed by atoms with Crippen molar-refractivity contribution in [3.05, 3.63) is 66.2 Å². The molecule has 0 spiro atoms. The lowest BCUT2D eigenvalue weighted by atomic mass is 9.92. The second-order valence-corrected chi connectivity index (χ2v) is 6.05. The Morgan fingerprint density at radius 1 is 1.00 bits per heavy atom. The van der Waals surface area contributed by atoms with Crippen molar-refractivity contribution in [2.24, 2.45) is 5.41 Å². The SMILES string of the molecule is COC(=O)C(C)(C)CN(Cc1ccccc1)c1ccccc1. The molecule has 116 valence electrons. The van der Waals surface area contributed by atoms with Gasteiger partial charge in [-0.1, -0.05) is 48.5 Å². The maximum absolute atomic E-state index is 12.0. The summed E-state index contributed by atoms with van der Waals surface area (Å²) in [5.41, 5.74) is 1.75. The Labute approximate surface area is 132 Å². The van der Waals surface area contributed by atoms with Crippen molar-refractivity contribution >= 4 is 11.7 Å². The van der Waals surface area contributed by atoms with Gasteiger partial charge in [0.1, 0.15) is 0 Å². The van der Waals surface area contributed by atoms with Gasteiger partial charge in [0.2, 0.25) is 0 Å². The molecule has 22 heavy (non-hydrogen) atoms. The van der Waals surface area contributed by atoms with Crippen LogP contribution in [0.3, 0.4) is 0 Å². The largest absolute Gasteiger partial charge is 0.469 e. The molecule has 0 bridgehead atoms. The Balaban J connectivity index is 2.24. The number of methoxy groups -OCH3 is 1. The van der Waals surface area contributed by atoms with Crippen molar-refractivity contribution in [2.75, 3.05) is 18.6 Å². The Kier molecular flexibility index (Phi) is 5.21. The fraction of sp³-hybridized carbons (Fsp3) is 0.316. The summed E-state index contributed by atoms with van der Waals surface area (Å²) in [6.07, 6.45) is 0. The highest BCUT2D eigenvalue weighted by molar-refractivity contribution is 5.76. The van der Waals surface area contributed by atoms with Gasteiger partial charge in [0, 0.05) is 18.8 Å².